The third-order valence-electron chi connectivity index (χ3n) is 4.09. The van der Waals surface area contributed by atoms with Crippen molar-refractivity contribution < 1.29 is 38.6 Å². The van der Waals surface area contributed by atoms with E-state index in [-0.39, 0.29) is 22.2 Å². The number of amides is 2. The lowest BCUT2D eigenvalue weighted by atomic mass is 9.86. The van der Waals surface area contributed by atoms with Gasteiger partial charge in [0, 0.05) is 5.39 Å². The molecule has 34 heavy (non-hydrogen) atoms. The molecule has 2 aromatic rings. The highest BCUT2D eigenvalue weighted by Gasteiger charge is 2.35. The molecule has 2 rings (SSSR count). The monoisotopic (exact) mass is 476 g/mol. The first kappa shape index (κ1) is 27.2. The Morgan fingerprint density at radius 2 is 1.29 bits per heavy atom. The quantitative estimate of drug-likeness (QED) is 0.495. The van der Waals surface area contributed by atoms with Crippen molar-refractivity contribution >= 4 is 47.6 Å². The summed E-state index contributed by atoms with van der Waals surface area (Å²) in [6, 6.07) is 5.79. The molecule has 0 bridgehead atoms. The van der Waals surface area contributed by atoms with Gasteiger partial charge in [-0.1, -0.05) is 6.07 Å². The molecule has 2 N–H and O–H groups in total. The third kappa shape index (κ3) is 6.74. The van der Waals surface area contributed by atoms with Crippen molar-refractivity contribution in [3.8, 4) is 0 Å². The fourth-order valence-corrected chi connectivity index (χ4v) is 3.02. The number of aromatic nitrogens is 1. The van der Waals surface area contributed by atoms with Gasteiger partial charge in [0.2, 0.25) is 0 Å². The smallest absolute Gasteiger partial charge is 0.443 e. The van der Waals surface area contributed by atoms with E-state index in [4.69, 9.17) is 14.2 Å². The Morgan fingerprint density at radius 3 is 1.71 bits per heavy atom. The van der Waals surface area contributed by atoms with Crippen LogP contribution in [0.4, 0.5) is 20.1 Å². The average Bonchev–Trinajstić information content (AvgIpc) is 2.98. The largest absolute Gasteiger partial charge is 0.506 e. The number of carbonyl (C=O) groups excluding carboxylic acids is 3. The van der Waals surface area contributed by atoms with Gasteiger partial charge in [-0.2, -0.15) is 4.90 Å². The molecular formula is C23H33BN2O8. The van der Waals surface area contributed by atoms with Gasteiger partial charge < -0.3 is 24.3 Å². The van der Waals surface area contributed by atoms with Gasteiger partial charge in [-0.05, 0) is 80.5 Å². The lowest BCUT2D eigenvalue weighted by Crippen LogP contribution is -2.43. The first-order valence-electron chi connectivity index (χ1n) is 10.8. The third-order valence-corrected chi connectivity index (χ3v) is 4.09. The standard InChI is InChI=1S/C23H33BN2O8/c1-21(2,3)32-18(27)25-15-11-10-12-16(14(15)13-17(25)24(30)31)26(19(28)33-22(4,5)6)20(29)34-23(7,8)9/h10-13,30-31H,1-9H3. The second-order valence-corrected chi connectivity index (χ2v) is 10.8. The summed E-state index contributed by atoms with van der Waals surface area (Å²) in [5, 5.41) is 20.1. The zero-order valence-corrected chi connectivity index (χ0v) is 21.1. The van der Waals surface area contributed by atoms with E-state index < -0.39 is 42.2 Å². The highest BCUT2D eigenvalue weighted by molar-refractivity contribution is 6.59. The molecule has 1 heterocycles. The molecule has 0 unspecified atom stereocenters. The molecular weight excluding hydrogens is 443 g/mol. The van der Waals surface area contributed by atoms with E-state index in [0.29, 0.717) is 4.90 Å². The summed E-state index contributed by atoms with van der Waals surface area (Å²) in [7, 11) is -2.04. The number of rotatable bonds is 2. The second-order valence-electron chi connectivity index (χ2n) is 10.8. The van der Waals surface area contributed by atoms with E-state index in [2.05, 4.69) is 0 Å². The Balaban J connectivity index is 2.76. The van der Waals surface area contributed by atoms with E-state index in [9.17, 15) is 24.4 Å². The summed E-state index contributed by atoms with van der Waals surface area (Å²) in [6.07, 6.45) is -2.85. The van der Waals surface area contributed by atoms with Crippen LogP contribution in [-0.4, -0.2) is 56.8 Å². The summed E-state index contributed by atoms with van der Waals surface area (Å²) in [6.45, 7) is 14.9. The SMILES string of the molecule is CC(C)(C)OC(=O)N(C(=O)OC(C)(C)C)c1cccc2c1cc(B(O)O)n2C(=O)OC(C)(C)C. The Labute approximate surface area is 199 Å². The predicted octanol–water partition coefficient (Wildman–Crippen LogP) is 3.78. The van der Waals surface area contributed by atoms with Crippen LogP contribution in [0.15, 0.2) is 24.3 Å². The van der Waals surface area contributed by atoms with E-state index in [0.717, 1.165) is 4.57 Å². The second kappa shape index (κ2) is 9.30. The molecule has 1 aromatic carbocycles. The van der Waals surface area contributed by atoms with Crippen molar-refractivity contribution in [3.05, 3.63) is 24.3 Å². The van der Waals surface area contributed by atoms with Crippen molar-refractivity contribution in [2.45, 2.75) is 79.1 Å². The molecule has 0 saturated carbocycles. The van der Waals surface area contributed by atoms with Gasteiger partial charge in [-0.15, -0.1) is 0 Å². The van der Waals surface area contributed by atoms with Crippen molar-refractivity contribution in [3.63, 3.8) is 0 Å². The van der Waals surface area contributed by atoms with E-state index in [1.54, 1.807) is 62.3 Å². The number of benzene rings is 1. The molecule has 186 valence electrons. The average molecular weight is 476 g/mol. The molecule has 0 saturated heterocycles. The van der Waals surface area contributed by atoms with E-state index in [1.807, 2.05) is 0 Å². The molecule has 0 aliphatic heterocycles. The van der Waals surface area contributed by atoms with Crippen LogP contribution in [-0.2, 0) is 14.2 Å². The fourth-order valence-electron chi connectivity index (χ4n) is 3.02. The zero-order chi connectivity index (χ0) is 26.2. The number of ether oxygens (including phenoxy) is 3. The predicted molar refractivity (Wildman–Crippen MR) is 128 cm³/mol. The molecule has 0 atom stereocenters. The van der Waals surface area contributed by atoms with Crippen LogP contribution < -0.4 is 10.5 Å². The van der Waals surface area contributed by atoms with E-state index in [1.165, 1.54) is 24.3 Å². The number of carbonyl (C=O) groups is 3. The van der Waals surface area contributed by atoms with Crippen LogP contribution in [0.2, 0.25) is 0 Å². The number of anilines is 1. The van der Waals surface area contributed by atoms with Crippen LogP contribution in [0.3, 0.4) is 0 Å². The molecule has 11 heteroatoms. The highest BCUT2D eigenvalue weighted by Crippen LogP contribution is 2.30. The van der Waals surface area contributed by atoms with Gasteiger partial charge in [0.25, 0.3) is 0 Å². The Kier molecular flexibility index (Phi) is 7.44. The van der Waals surface area contributed by atoms with Gasteiger partial charge >= 0.3 is 25.4 Å². The summed E-state index contributed by atoms with van der Waals surface area (Å²) < 4.78 is 17.2. The zero-order valence-electron chi connectivity index (χ0n) is 21.1. The fraction of sp³-hybridized carbons (Fsp3) is 0.522. The Hall–Kier alpha value is -3.05. The summed E-state index contributed by atoms with van der Waals surface area (Å²) >= 11 is 0. The van der Waals surface area contributed by atoms with Crippen LogP contribution in [0.1, 0.15) is 62.3 Å². The minimum absolute atomic E-state index is 0.0326. The maximum Gasteiger partial charge on any atom is 0.506 e. The van der Waals surface area contributed by atoms with E-state index >= 15 is 0 Å². The normalized spacial score (nSPS) is 12.3. The van der Waals surface area contributed by atoms with Crippen molar-refractivity contribution in [1.82, 2.24) is 4.57 Å². The first-order valence-corrected chi connectivity index (χ1v) is 10.8. The summed E-state index contributed by atoms with van der Waals surface area (Å²) in [4.78, 5) is 39.8. The molecule has 0 aliphatic carbocycles. The van der Waals surface area contributed by atoms with Gasteiger partial charge in [0.15, 0.2) is 0 Å². The maximum atomic E-state index is 13.1. The Morgan fingerprint density at radius 1 is 0.824 bits per heavy atom. The van der Waals surface area contributed by atoms with Gasteiger partial charge in [-0.25, -0.2) is 14.4 Å². The Bertz CT molecular complexity index is 1060. The van der Waals surface area contributed by atoms with Crippen LogP contribution in [0.25, 0.3) is 10.9 Å². The number of nitrogens with zero attached hydrogens (tertiary/aromatic N) is 2. The summed E-state index contributed by atoms with van der Waals surface area (Å²) in [5.41, 5.74) is -2.68. The van der Waals surface area contributed by atoms with Gasteiger partial charge in [0.1, 0.15) is 16.8 Å². The lowest BCUT2D eigenvalue weighted by molar-refractivity contribution is 0.0429. The molecule has 0 spiro atoms. The lowest BCUT2D eigenvalue weighted by Gasteiger charge is -2.29. The van der Waals surface area contributed by atoms with Crippen molar-refractivity contribution in [2.75, 3.05) is 4.90 Å². The van der Waals surface area contributed by atoms with Crippen LogP contribution in [0, 0.1) is 0 Å². The van der Waals surface area contributed by atoms with Crippen molar-refractivity contribution in [2.24, 2.45) is 0 Å². The molecule has 2 amide bonds. The van der Waals surface area contributed by atoms with Gasteiger partial charge in [-0.3, -0.25) is 4.57 Å². The highest BCUT2D eigenvalue weighted by atomic mass is 16.6. The van der Waals surface area contributed by atoms with Crippen LogP contribution in [0.5, 0.6) is 0 Å². The first-order chi connectivity index (χ1) is 15.3. The number of hydrogen-bond donors (Lipinski definition) is 2. The molecule has 0 aliphatic rings. The number of fused-ring (bicyclic) bond motifs is 1. The molecule has 10 nitrogen and oxygen atoms in total. The molecule has 0 radical (unpaired) electrons. The van der Waals surface area contributed by atoms with Crippen LogP contribution >= 0.6 is 0 Å². The molecule has 1 aromatic heterocycles. The number of hydrogen-bond acceptors (Lipinski definition) is 8. The minimum atomic E-state index is -2.04. The van der Waals surface area contributed by atoms with Crippen molar-refractivity contribution in [1.29, 1.82) is 0 Å². The number of imide groups is 1. The molecule has 0 fully saturated rings. The topological polar surface area (TPSA) is 128 Å². The summed E-state index contributed by atoms with van der Waals surface area (Å²) in [5.74, 6) is 0. The maximum absolute atomic E-state index is 13.1. The minimum Gasteiger partial charge on any atom is -0.443 e. The van der Waals surface area contributed by atoms with Gasteiger partial charge in [0.05, 0.1) is 16.8 Å².